The first-order chi connectivity index (χ1) is 6.42. The molecule has 0 atom stereocenters. The second kappa shape index (κ2) is 4.47. The Morgan fingerprint density at radius 1 is 1.38 bits per heavy atom. The standard InChI is InChI=1S/C10H15NS2/c12-6-9-10(11-7-13-9)8-4-2-1-3-5-8/h7-8,12H,1-6H2. The maximum atomic E-state index is 4.48. The van der Waals surface area contributed by atoms with Crippen molar-refractivity contribution in [3.05, 3.63) is 16.1 Å². The molecule has 0 amide bonds. The van der Waals surface area contributed by atoms with E-state index in [0.29, 0.717) is 0 Å². The third kappa shape index (κ3) is 2.08. The van der Waals surface area contributed by atoms with Gasteiger partial charge >= 0.3 is 0 Å². The fraction of sp³-hybridized carbons (Fsp3) is 0.700. The van der Waals surface area contributed by atoms with Gasteiger partial charge in [-0.25, -0.2) is 4.98 Å². The van der Waals surface area contributed by atoms with Crippen LogP contribution in [-0.2, 0) is 5.75 Å². The molecule has 0 spiro atoms. The Kier molecular flexibility index (Phi) is 3.28. The van der Waals surface area contributed by atoms with E-state index < -0.39 is 0 Å². The van der Waals surface area contributed by atoms with E-state index in [1.165, 1.54) is 42.7 Å². The van der Waals surface area contributed by atoms with Crippen LogP contribution in [0.15, 0.2) is 5.51 Å². The second-order valence-electron chi connectivity index (χ2n) is 3.65. The van der Waals surface area contributed by atoms with E-state index in [-0.39, 0.29) is 0 Å². The Bertz CT molecular complexity index is 264. The quantitative estimate of drug-likeness (QED) is 0.740. The van der Waals surface area contributed by atoms with Gasteiger partial charge in [-0.2, -0.15) is 12.6 Å². The Hall–Kier alpha value is -0.0200. The zero-order valence-electron chi connectivity index (χ0n) is 7.70. The monoisotopic (exact) mass is 213 g/mol. The summed E-state index contributed by atoms with van der Waals surface area (Å²) in [5, 5.41) is 0. The Balaban J connectivity index is 2.13. The predicted octanol–water partition coefficient (Wildman–Crippen LogP) is 3.62. The highest BCUT2D eigenvalue weighted by atomic mass is 32.1. The molecule has 2 rings (SSSR count). The van der Waals surface area contributed by atoms with Crippen LogP contribution in [0.3, 0.4) is 0 Å². The number of hydrogen-bond acceptors (Lipinski definition) is 3. The molecule has 1 heterocycles. The summed E-state index contributed by atoms with van der Waals surface area (Å²) in [4.78, 5) is 5.86. The fourth-order valence-corrected chi connectivity index (χ4v) is 3.20. The van der Waals surface area contributed by atoms with E-state index in [0.717, 1.165) is 11.7 Å². The molecule has 1 nitrogen and oxygen atoms in total. The van der Waals surface area contributed by atoms with Crippen LogP contribution >= 0.6 is 24.0 Å². The maximum Gasteiger partial charge on any atom is 0.0798 e. The molecular weight excluding hydrogens is 198 g/mol. The molecule has 1 aliphatic rings. The molecular formula is C10H15NS2. The van der Waals surface area contributed by atoms with Crippen molar-refractivity contribution in [1.29, 1.82) is 0 Å². The van der Waals surface area contributed by atoms with Crippen LogP contribution in [-0.4, -0.2) is 4.98 Å². The lowest BCUT2D eigenvalue weighted by molar-refractivity contribution is 0.436. The maximum absolute atomic E-state index is 4.48. The molecule has 3 heteroatoms. The van der Waals surface area contributed by atoms with Crippen molar-refractivity contribution in [3.63, 3.8) is 0 Å². The summed E-state index contributed by atoms with van der Waals surface area (Å²) in [5.74, 6) is 1.60. The van der Waals surface area contributed by atoms with Crippen LogP contribution < -0.4 is 0 Å². The lowest BCUT2D eigenvalue weighted by Crippen LogP contribution is -2.06. The fourth-order valence-electron chi connectivity index (χ4n) is 2.11. The van der Waals surface area contributed by atoms with Gasteiger partial charge in [-0.3, -0.25) is 0 Å². The second-order valence-corrected chi connectivity index (χ2v) is 4.91. The van der Waals surface area contributed by atoms with Crippen molar-refractivity contribution in [2.75, 3.05) is 0 Å². The Morgan fingerprint density at radius 3 is 2.85 bits per heavy atom. The van der Waals surface area contributed by atoms with Gasteiger partial charge in [-0.05, 0) is 12.8 Å². The molecule has 1 aromatic heterocycles. The van der Waals surface area contributed by atoms with E-state index in [2.05, 4.69) is 17.6 Å². The highest BCUT2D eigenvalue weighted by Gasteiger charge is 2.19. The topological polar surface area (TPSA) is 12.9 Å². The lowest BCUT2D eigenvalue weighted by Gasteiger charge is -2.20. The molecule has 1 fully saturated rings. The molecule has 13 heavy (non-hydrogen) atoms. The Labute approximate surface area is 89.0 Å². The number of hydrogen-bond donors (Lipinski definition) is 1. The van der Waals surface area contributed by atoms with Gasteiger partial charge in [-0.1, -0.05) is 19.3 Å². The number of rotatable bonds is 2. The largest absolute Gasteiger partial charge is 0.249 e. The minimum absolute atomic E-state index is 0.738. The van der Waals surface area contributed by atoms with E-state index in [4.69, 9.17) is 0 Å². The van der Waals surface area contributed by atoms with Gasteiger partial charge in [-0.15, -0.1) is 11.3 Å². The van der Waals surface area contributed by atoms with Crippen molar-refractivity contribution in [2.24, 2.45) is 0 Å². The number of aromatic nitrogens is 1. The molecule has 0 aromatic carbocycles. The van der Waals surface area contributed by atoms with Crippen molar-refractivity contribution >= 4 is 24.0 Å². The molecule has 0 saturated heterocycles. The molecule has 0 bridgehead atoms. The van der Waals surface area contributed by atoms with Crippen LogP contribution in [0.2, 0.25) is 0 Å². The average Bonchev–Trinajstić information content (AvgIpc) is 2.67. The van der Waals surface area contributed by atoms with Gasteiger partial charge in [0.05, 0.1) is 11.2 Å². The van der Waals surface area contributed by atoms with Crippen molar-refractivity contribution in [1.82, 2.24) is 4.98 Å². The first-order valence-corrected chi connectivity index (χ1v) is 6.46. The molecule has 72 valence electrons. The minimum atomic E-state index is 0.738. The molecule has 0 aliphatic heterocycles. The van der Waals surface area contributed by atoms with Crippen molar-refractivity contribution < 1.29 is 0 Å². The summed E-state index contributed by atoms with van der Waals surface area (Å²) in [6, 6.07) is 0. The third-order valence-electron chi connectivity index (χ3n) is 2.81. The van der Waals surface area contributed by atoms with E-state index >= 15 is 0 Å². The number of thiol groups is 1. The van der Waals surface area contributed by atoms with Gasteiger partial charge in [0.25, 0.3) is 0 Å². The minimum Gasteiger partial charge on any atom is -0.249 e. The van der Waals surface area contributed by atoms with E-state index in [9.17, 15) is 0 Å². The number of nitrogens with zero attached hydrogens (tertiary/aromatic N) is 1. The lowest BCUT2D eigenvalue weighted by atomic mass is 9.87. The molecule has 1 aromatic rings. The van der Waals surface area contributed by atoms with Crippen molar-refractivity contribution in [2.45, 2.75) is 43.8 Å². The molecule has 0 radical (unpaired) electrons. The van der Waals surface area contributed by atoms with Crippen LogP contribution in [0.25, 0.3) is 0 Å². The first-order valence-electron chi connectivity index (χ1n) is 4.95. The van der Waals surface area contributed by atoms with Gasteiger partial charge in [0.15, 0.2) is 0 Å². The zero-order chi connectivity index (χ0) is 9.10. The van der Waals surface area contributed by atoms with Crippen LogP contribution in [0, 0.1) is 0 Å². The van der Waals surface area contributed by atoms with Crippen LogP contribution in [0.5, 0.6) is 0 Å². The SMILES string of the molecule is SCc1scnc1C1CCCCC1. The first kappa shape index (κ1) is 9.53. The van der Waals surface area contributed by atoms with E-state index in [1.807, 2.05) is 5.51 Å². The molecule has 0 unspecified atom stereocenters. The van der Waals surface area contributed by atoms with Gasteiger partial charge < -0.3 is 0 Å². The zero-order valence-corrected chi connectivity index (χ0v) is 9.41. The van der Waals surface area contributed by atoms with Crippen LogP contribution in [0.4, 0.5) is 0 Å². The average molecular weight is 213 g/mol. The summed E-state index contributed by atoms with van der Waals surface area (Å²) in [7, 11) is 0. The summed E-state index contributed by atoms with van der Waals surface area (Å²) in [6.07, 6.45) is 6.86. The predicted molar refractivity (Wildman–Crippen MR) is 60.6 cm³/mol. The summed E-state index contributed by atoms with van der Waals surface area (Å²) >= 11 is 6.09. The van der Waals surface area contributed by atoms with Gasteiger partial charge in [0.1, 0.15) is 0 Å². The van der Waals surface area contributed by atoms with Gasteiger partial charge in [0, 0.05) is 16.5 Å². The number of thiazole rings is 1. The molecule has 1 aliphatic carbocycles. The van der Waals surface area contributed by atoms with Crippen molar-refractivity contribution in [3.8, 4) is 0 Å². The summed E-state index contributed by atoms with van der Waals surface area (Å²) in [5.41, 5.74) is 3.31. The Morgan fingerprint density at radius 2 is 2.15 bits per heavy atom. The highest BCUT2D eigenvalue weighted by molar-refractivity contribution is 7.79. The van der Waals surface area contributed by atoms with E-state index in [1.54, 1.807) is 11.3 Å². The summed E-state index contributed by atoms with van der Waals surface area (Å²) in [6.45, 7) is 0. The third-order valence-corrected chi connectivity index (χ3v) is 4.19. The smallest absolute Gasteiger partial charge is 0.0798 e. The molecule has 1 saturated carbocycles. The molecule has 0 N–H and O–H groups in total. The normalized spacial score (nSPS) is 19.2. The summed E-state index contributed by atoms with van der Waals surface area (Å²) < 4.78 is 0. The highest BCUT2D eigenvalue weighted by Crippen LogP contribution is 2.35. The van der Waals surface area contributed by atoms with Crippen LogP contribution in [0.1, 0.15) is 48.6 Å². The van der Waals surface area contributed by atoms with Gasteiger partial charge in [0.2, 0.25) is 0 Å².